The number of hydrazone groups is 1. The van der Waals surface area contributed by atoms with Gasteiger partial charge in [0.2, 0.25) is 0 Å². The van der Waals surface area contributed by atoms with E-state index >= 15 is 0 Å². The first-order valence-electron chi connectivity index (χ1n) is 9.04. The molecule has 1 aliphatic rings. The van der Waals surface area contributed by atoms with Crippen LogP contribution in [0.1, 0.15) is 22.7 Å². The third kappa shape index (κ3) is 5.15. The molecule has 0 saturated carbocycles. The van der Waals surface area contributed by atoms with Gasteiger partial charge in [-0.15, -0.1) is 0 Å². The Labute approximate surface area is 164 Å². The van der Waals surface area contributed by atoms with Crippen molar-refractivity contribution in [1.82, 2.24) is 25.4 Å². The van der Waals surface area contributed by atoms with Crippen LogP contribution in [0.5, 0.6) is 0 Å². The van der Waals surface area contributed by atoms with Gasteiger partial charge in [0.25, 0.3) is 0 Å². The summed E-state index contributed by atoms with van der Waals surface area (Å²) in [5.74, 6) is 1.55. The Morgan fingerprint density at radius 3 is 2.78 bits per heavy atom. The van der Waals surface area contributed by atoms with E-state index in [-0.39, 0.29) is 0 Å². The van der Waals surface area contributed by atoms with Crippen molar-refractivity contribution in [1.29, 1.82) is 0 Å². The van der Waals surface area contributed by atoms with Crippen molar-refractivity contribution in [2.75, 3.05) is 39.4 Å². The lowest BCUT2D eigenvalue weighted by molar-refractivity contribution is 0.0389. The van der Waals surface area contributed by atoms with Gasteiger partial charge in [-0.1, -0.05) is 5.16 Å². The summed E-state index contributed by atoms with van der Waals surface area (Å²) in [6.07, 6.45) is 1.77. The maximum atomic E-state index is 5.34. The summed E-state index contributed by atoms with van der Waals surface area (Å²) in [6.45, 7) is 11.2. The Morgan fingerprint density at radius 1 is 1.30 bits per heavy atom. The molecule has 1 saturated heterocycles. The van der Waals surface area contributed by atoms with Crippen LogP contribution in [0.15, 0.2) is 21.8 Å². The molecule has 2 aromatic heterocycles. The Morgan fingerprint density at radius 2 is 2.07 bits per heavy atom. The first kappa shape index (κ1) is 19.5. The first-order chi connectivity index (χ1) is 13.0. The minimum atomic E-state index is 0.514. The summed E-state index contributed by atoms with van der Waals surface area (Å²) < 4.78 is 12.6. The van der Waals surface area contributed by atoms with Crippen molar-refractivity contribution in [2.45, 2.75) is 20.8 Å². The van der Waals surface area contributed by atoms with Crippen molar-refractivity contribution < 1.29 is 9.26 Å². The van der Waals surface area contributed by atoms with E-state index < -0.39 is 0 Å². The predicted molar refractivity (Wildman–Crippen MR) is 109 cm³/mol. The van der Waals surface area contributed by atoms with E-state index in [9.17, 15) is 0 Å². The molecule has 27 heavy (non-hydrogen) atoms. The van der Waals surface area contributed by atoms with E-state index in [2.05, 4.69) is 32.0 Å². The van der Waals surface area contributed by atoms with E-state index in [1.165, 1.54) is 0 Å². The molecular formula is C18H26N6O2S. The van der Waals surface area contributed by atoms with Crippen LogP contribution in [0.25, 0.3) is 5.82 Å². The van der Waals surface area contributed by atoms with Gasteiger partial charge in [-0.2, -0.15) is 5.10 Å². The van der Waals surface area contributed by atoms with E-state index in [1.54, 1.807) is 6.21 Å². The highest BCUT2D eigenvalue weighted by atomic mass is 32.1. The number of morpholine rings is 1. The minimum Gasteiger partial charge on any atom is -0.379 e. The summed E-state index contributed by atoms with van der Waals surface area (Å²) >= 11 is 5.27. The van der Waals surface area contributed by atoms with Crippen molar-refractivity contribution in [2.24, 2.45) is 5.10 Å². The molecule has 2 aromatic rings. The molecule has 0 bridgehead atoms. The number of aryl methyl sites for hydroxylation is 2. The van der Waals surface area contributed by atoms with Crippen molar-refractivity contribution in [3.8, 4) is 5.82 Å². The van der Waals surface area contributed by atoms with Gasteiger partial charge < -0.3 is 14.6 Å². The minimum absolute atomic E-state index is 0.514. The van der Waals surface area contributed by atoms with Gasteiger partial charge in [-0.25, -0.2) is 0 Å². The fourth-order valence-electron chi connectivity index (χ4n) is 3.08. The normalized spacial score (nSPS) is 15.4. The lowest BCUT2D eigenvalue weighted by Gasteiger charge is -2.26. The molecule has 146 valence electrons. The molecule has 0 aromatic carbocycles. The highest BCUT2D eigenvalue weighted by molar-refractivity contribution is 7.80. The molecule has 9 heteroatoms. The molecule has 0 radical (unpaired) electrons. The summed E-state index contributed by atoms with van der Waals surface area (Å²) in [4.78, 5) is 2.35. The third-order valence-electron chi connectivity index (χ3n) is 4.50. The Hall–Kier alpha value is -2.23. The second kappa shape index (κ2) is 9.12. The molecule has 1 aliphatic heterocycles. The number of hydrogen-bond donors (Lipinski definition) is 2. The van der Waals surface area contributed by atoms with Crippen LogP contribution in [0, 0.1) is 20.8 Å². The predicted octanol–water partition coefficient (Wildman–Crippen LogP) is 1.52. The van der Waals surface area contributed by atoms with E-state index in [0.717, 1.165) is 67.9 Å². The monoisotopic (exact) mass is 390 g/mol. The molecule has 8 nitrogen and oxygen atoms in total. The number of hydrogen-bond acceptors (Lipinski definition) is 6. The number of nitrogens with one attached hydrogen (secondary N) is 2. The van der Waals surface area contributed by atoms with Gasteiger partial charge >= 0.3 is 0 Å². The number of thiocarbonyl (C=S) groups is 1. The van der Waals surface area contributed by atoms with Gasteiger partial charge in [0, 0.05) is 49.2 Å². The van der Waals surface area contributed by atoms with Crippen molar-refractivity contribution in [3.63, 3.8) is 0 Å². The Balaban J connectivity index is 1.50. The lowest BCUT2D eigenvalue weighted by atomic mass is 10.3. The quantitative estimate of drug-likeness (QED) is 0.440. The molecule has 0 amide bonds. The number of nitrogens with zero attached hydrogens (tertiary/aromatic N) is 4. The number of aromatic nitrogens is 2. The standard InChI is InChI=1S/C18H26N6O2S/c1-13-10-16(15(3)24(13)17-11-14(2)26-22-17)12-20-21-18(27)19-4-5-23-6-8-25-9-7-23/h10-12H,4-9H2,1-3H3,(H2,19,21,27)/b20-12+. The van der Waals surface area contributed by atoms with Gasteiger partial charge in [-0.3, -0.25) is 14.9 Å². The average Bonchev–Trinajstić information content (AvgIpc) is 3.19. The first-order valence-corrected chi connectivity index (χ1v) is 9.45. The summed E-state index contributed by atoms with van der Waals surface area (Å²) in [6, 6.07) is 3.96. The molecular weight excluding hydrogens is 364 g/mol. The summed E-state index contributed by atoms with van der Waals surface area (Å²) in [7, 11) is 0. The number of ether oxygens (including phenoxy) is 1. The summed E-state index contributed by atoms with van der Waals surface area (Å²) in [5, 5.41) is 12.0. The molecule has 0 aliphatic carbocycles. The van der Waals surface area contributed by atoms with Crippen LogP contribution in [0.3, 0.4) is 0 Å². The van der Waals surface area contributed by atoms with Gasteiger partial charge in [0.1, 0.15) is 5.76 Å². The SMILES string of the molecule is Cc1cc(-n2c(C)cc(/C=N/NC(=S)NCCN3CCOCC3)c2C)no1. The van der Waals surface area contributed by atoms with Crippen LogP contribution < -0.4 is 10.7 Å². The highest BCUT2D eigenvalue weighted by Gasteiger charge is 2.12. The molecule has 1 fully saturated rings. The zero-order chi connectivity index (χ0) is 19.2. The topological polar surface area (TPSA) is 79.9 Å². The van der Waals surface area contributed by atoms with E-state index in [0.29, 0.717) is 5.11 Å². The average molecular weight is 391 g/mol. The Kier molecular flexibility index (Phi) is 6.59. The van der Waals surface area contributed by atoms with Gasteiger partial charge in [0.15, 0.2) is 10.9 Å². The van der Waals surface area contributed by atoms with Crippen LogP contribution >= 0.6 is 12.2 Å². The van der Waals surface area contributed by atoms with Gasteiger partial charge in [-0.05, 0) is 39.1 Å². The zero-order valence-electron chi connectivity index (χ0n) is 16.0. The molecule has 2 N–H and O–H groups in total. The summed E-state index contributed by atoms with van der Waals surface area (Å²) in [5.41, 5.74) is 5.97. The maximum absolute atomic E-state index is 5.34. The second-order valence-electron chi connectivity index (χ2n) is 6.54. The lowest BCUT2D eigenvalue weighted by Crippen LogP contribution is -2.42. The van der Waals surface area contributed by atoms with Crippen LogP contribution in [0.4, 0.5) is 0 Å². The smallest absolute Gasteiger partial charge is 0.187 e. The zero-order valence-corrected chi connectivity index (χ0v) is 16.8. The molecule has 0 unspecified atom stereocenters. The molecule has 3 rings (SSSR count). The van der Waals surface area contributed by atoms with Crippen molar-refractivity contribution >= 4 is 23.5 Å². The van der Waals surface area contributed by atoms with E-state index in [4.69, 9.17) is 21.5 Å². The van der Waals surface area contributed by atoms with E-state index in [1.807, 2.05) is 31.4 Å². The second-order valence-corrected chi connectivity index (χ2v) is 6.95. The number of rotatable bonds is 6. The largest absolute Gasteiger partial charge is 0.379 e. The van der Waals surface area contributed by atoms with Crippen LogP contribution in [0.2, 0.25) is 0 Å². The molecule has 0 atom stereocenters. The maximum Gasteiger partial charge on any atom is 0.187 e. The van der Waals surface area contributed by atoms with Crippen LogP contribution in [-0.4, -0.2) is 65.3 Å². The Bertz CT molecular complexity index is 807. The molecule has 0 spiro atoms. The third-order valence-corrected chi connectivity index (χ3v) is 4.74. The fourth-order valence-corrected chi connectivity index (χ4v) is 3.24. The fraction of sp³-hybridized carbons (Fsp3) is 0.500. The molecule has 3 heterocycles. The highest BCUT2D eigenvalue weighted by Crippen LogP contribution is 2.19. The van der Waals surface area contributed by atoms with Crippen LogP contribution in [-0.2, 0) is 4.74 Å². The van der Waals surface area contributed by atoms with Gasteiger partial charge in [0.05, 0.1) is 19.4 Å². The van der Waals surface area contributed by atoms with Crippen molar-refractivity contribution in [3.05, 3.63) is 34.8 Å².